The number of nitrogens with zero attached hydrogens (tertiary/aromatic N) is 2. The largest absolute Gasteiger partial charge is 0.480 e. The number of carbonyl (C=O) groups is 2. The van der Waals surface area contributed by atoms with Crippen molar-refractivity contribution in [3.05, 3.63) is 29.8 Å². The number of rotatable bonds is 7. The van der Waals surface area contributed by atoms with Crippen LogP contribution in [0.1, 0.15) is 25.3 Å². The van der Waals surface area contributed by atoms with E-state index in [-0.39, 0.29) is 41.8 Å². The molecular formula is C17H22N4O5S. The van der Waals surface area contributed by atoms with E-state index >= 15 is 0 Å². The molecule has 0 aromatic heterocycles. The summed E-state index contributed by atoms with van der Waals surface area (Å²) in [4.78, 5) is 29.1. The Kier molecular flexibility index (Phi) is 5.47. The molecule has 1 aliphatic carbocycles. The Hall–Kier alpha value is -2.46. The molecule has 0 bridgehead atoms. The first-order valence-corrected chi connectivity index (χ1v) is 10.2. The number of amides is 1. The van der Waals surface area contributed by atoms with Gasteiger partial charge in [0.1, 0.15) is 12.4 Å². The van der Waals surface area contributed by atoms with Crippen LogP contribution in [-0.2, 0) is 19.6 Å². The van der Waals surface area contributed by atoms with E-state index in [4.69, 9.17) is 5.11 Å². The van der Waals surface area contributed by atoms with Gasteiger partial charge in [0, 0.05) is 17.6 Å². The standard InChI is InChI=1S/C17H22N4O5S/c1-2-21(10-16(23)24)12-7-11(8-12)19-15(22)9-18-17-13-5-3-4-6-14(13)27(25,26)20-17/h3-6,11-12H,2,7-10H2,1H3,(H,18,20)(H,19,22)(H,23,24). The predicted octanol–water partition coefficient (Wildman–Crippen LogP) is -0.221. The van der Waals surface area contributed by atoms with Gasteiger partial charge in [0.25, 0.3) is 10.0 Å². The number of nitrogens with one attached hydrogen (secondary N) is 2. The first-order valence-electron chi connectivity index (χ1n) is 8.72. The minimum absolute atomic E-state index is 0.00492. The number of hydrogen-bond donors (Lipinski definition) is 3. The Morgan fingerprint density at radius 2 is 2.04 bits per heavy atom. The van der Waals surface area contributed by atoms with E-state index in [1.54, 1.807) is 18.2 Å². The lowest BCUT2D eigenvalue weighted by Gasteiger charge is -2.42. The topological polar surface area (TPSA) is 128 Å². The van der Waals surface area contributed by atoms with Gasteiger partial charge in [-0.1, -0.05) is 19.1 Å². The predicted molar refractivity (Wildman–Crippen MR) is 98.0 cm³/mol. The maximum atomic E-state index is 12.1. The van der Waals surface area contributed by atoms with E-state index in [0.29, 0.717) is 24.9 Å². The van der Waals surface area contributed by atoms with Gasteiger partial charge in [-0.25, -0.2) is 8.42 Å². The molecule has 1 fully saturated rings. The maximum Gasteiger partial charge on any atom is 0.317 e. The van der Waals surface area contributed by atoms with Crippen molar-refractivity contribution in [1.82, 2.24) is 14.9 Å². The summed E-state index contributed by atoms with van der Waals surface area (Å²) in [5, 5.41) is 11.8. The van der Waals surface area contributed by atoms with E-state index in [2.05, 4.69) is 15.0 Å². The molecule has 0 saturated heterocycles. The zero-order chi connectivity index (χ0) is 19.6. The van der Waals surface area contributed by atoms with Gasteiger partial charge < -0.3 is 10.4 Å². The number of benzene rings is 1. The number of hydrogen-bond acceptors (Lipinski definition) is 6. The number of amidine groups is 1. The van der Waals surface area contributed by atoms with Crippen LogP contribution in [0.5, 0.6) is 0 Å². The lowest BCUT2D eigenvalue weighted by Crippen LogP contribution is -2.55. The molecule has 0 spiro atoms. The highest BCUT2D eigenvalue weighted by Crippen LogP contribution is 2.25. The van der Waals surface area contributed by atoms with Crippen LogP contribution in [0.25, 0.3) is 0 Å². The van der Waals surface area contributed by atoms with E-state index in [1.807, 2.05) is 11.8 Å². The molecule has 9 nitrogen and oxygen atoms in total. The normalized spacial score (nSPS) is 24.1. The molecule has 1 heterocycles. The summed E-state index contributed by atoms with van der Waals surface area (Å²) in [5.74, 6) is -0.985. The van der Waals surface area contributed by atoms with E-state index in [9.17, 15) is 18.0 Å². The van der Waals surface area contributed by atoms with Gasteiger partial charge in [-0.3, -0.25) is 24.2 Å². The van der Waals surface area contributed by atoms with Crippen molar-refractivity contribution in [2.24, 2.45) is 4.99 Å². The average molecular weight is 394 g/mol. The van der Waals surface area contributed by atoms with Crippen molar-refractivity contribution >= 4 is 27.7 Å². The van der Waals surface area contributed by atoms with Crippen molar-refractivity contribution in [1.29, 1.82) is 0 Å². The van der Waals surface area contributed by atoms with Gasteiger partial charge in [0.05, 0.1) is 11.4 Å². The molecule has 27 heavy (non-hydrogen) atoms. The fourth-order valence-corrected chi connectivity index (χ4v) is 4.60. The molecule has 0 atom stereocenters. The van der Waals surface area contributed by atoms with Crippen LogP contribution in [0.3, 0.4) is 0 Å². The highest BCUT2D eigenvalue weighted by atomic mass is 32.2. The number of likely N-dealkylation sites (N-methyl/N-ethyl adjacent to an activating group) is 1. The first kappa shape index (κ1) is 19.3. The number of sulfonamides is 1. The van der Waals surface area contributed by atoms with E-state index in [0.717, 1.165) is 0 Å². The smallest absolute Gasteiger partial charge is 0.317 e. The fraction of sp³-hybridized carbons (Fsp3) is 0.471. The summed E-state index contributed by atoms with van der Waals surface area (Å²) < 4.78 is 26.4. The molecule has 3 N–H and O–H groups in total. The van der Waals surface area contributed by atoms with Crippen LogP contribution in [0, 0.1) is 0 Å². The Balaban J connectivity index is 1.52. The van der Waals surface area contributed by atoms with Crippen molar-refractivity contribution < 1.29 is 23.1 Å². The zero-order valence-corrected chi connectivity index (χ0v) is 15.7. The maximum absolute atomic E-state index is 12.1. The summed E-state index contributed by atoms with van der Waals surface area (Å²) >= 11 is 0. The Morgan fingerprint density at radius 3 is 2.70 bits per heavy atom. The highest BCUT2D eigenvalue weighted by Gasteiger charge is 2.35. The number of aliphatic carboxylic acids is 1. The highest BCUT2D eigenvalue weighted by molar-refractivity contribution is 7.90. The summed E-state index contributed by atoms with van der Waals surface area (Å²) in [6.45, 7) is 2.37. The lowest BCUT2D eigenvalue weighted by molar-refractivity contribution is -0.139. The number of carbonyl (C=O) groups excluding carboxylic acids is 1. The van der Waals surface area contributed by atoms with Crippen LogP contribution in [0.2, 0.25) is 0 Å². The van der Waals surface area contributed by atoms with Gasteiger partial charge in [-0.05, 0) is 31.5 Å². The van der Waals surface area contributed by atoms with Crippen molar-refractivity contribution in [2.75, 3.05) is 19.6 Å². The summed E-state index contributed by atoms with van der Waals surface area (Å²) in [5.41, 5.74) is 0.460. The second-order valence-corrected chi connectivity index (χ2v) is 8.26. The lowest BCUT2D eigenvalue weighted by atomic mass is 9.85. The number of aliphatic imine (C=N–C) groups is 1. The van der Waals surface area contributed by atoms with Gasteiger partial charge >= 0.3 is 5.97 Å². The molecule has 1 aromatic rings. The molecule has 10 heteroatoms. The third-order valence-electron chi connectivity index (χ3n) is 4.78. The van der Waals surface area contributed by atoms with Crippen molar-refractivity contribution in [3.8, 4) is 0 Å². The second-order valence-electron chi connectivity index (χ2n) is 6.61. The van der Waals surface area contributed by atoms with Crippen molar-refractivity contribution in [2.45, 2.75) is 36.7 Å². The van der Waals surface area contributed by atoms with Crippen LogP contribution >= 0.6 is 0 Å². The molecule has 0 unspecified atom stereocenters. The minimum atomic E-state index is -3.61. The molecule has 1 aromatic carbocycles. The monoisotopic (exact) mass is 394 g/mol. The van der Waals surface area contributed by atoms with E-state index < -0.39 is 16.0 Å². The molecule has 3 rings (SSSR count). The quantitative estimate of drug-likeness (QED) is 0.587. The third kappa shape index (κ3) is 4.28. The summed E-state index contributed by atoms with van der Waals surface area (Å²) in [6.07, 6.45) is 1.39. The number of fused-ring (bicyclic) bond motifs is 1. The van der Waals surface area contributed by atoms with Crippen LogP contribution in [0.15, 0.2) is 34.2 Å². The van der Waals surface area contributed by atoms with Gasteiger partial charge in [0.15, 0.2) is 0 Å². The molecule has 1 saturated carbocycles. The Bertz CT molecular complexity index is 877. The molecule has 0 radical (unpaired) electrons. The molecule has 1 amide bonds. The number of carboxylic acid groups (broad SMARTS) is 1. The molecular weight excluding hydrogens is 372 g/mol. The summed E-state index contributed by atoms with van der Waals surface area (Å²) in [7, 11) is -3.61. The van der Waals surface area contributed by atoms with Gasteiger partial charge in [-0.15, -0.1) is 0 Å². The van der Waals surface area contributed by atoms with Crippen LogP contribution < -0.4 is 10.0 Å². The zero-order valence-electron chi connectivity index (χ0n) is 14.9. The second kappa shape index (κ2) is 7.65. The Labute approximate surface area is 157 Å². The van der Waals surface area contributed by atoms with Gasteiger partial charge in [-0.2, -0.15) is 0 Å². The molecule has 2 aliphatic rings. The van der Waals surface area contributed by atoms with Gasteiger partial charge in [0.2, 0.25) is 5.91 Å². The first-order chi connectivity index (χ1) is 12.8. The third-order valence-corrected chi connectivity index (χ3v) is 6.18. The number of carboxylic acids is 1. The van der Waals surface area contributed by atoms with Crippen molar-refractivity contribution in [3.63, 3.8) is 0 Å². The molecule has 1 aliphatic heterocycles. The summed E-state index contributed by atoms with van der Waals surface area (Å²) in [6, 6.07) is 6.61. The van der Waals surface area contributed by atoms with Crippen LogP contribution in [-0.4, -0.2) is 67.9 Å². The SMILES string of the molecule is CCN(CC(=O)O)C1CC(NC(=O)CN=C2NS(=O)(=O)c3ccccc32)C1. The fourth-order valence-electron chi connectivity index (χ4n) is 3.35. The Morgan fingerprint density at radius 1 is 1.33 bits per heavy atom. The van der Waals surface area contributed by atoms with E-state index in [1.165, 1.54) is 6.07 Å². The van der Waals surface area contributed by atoms with Crippen LogP contribution in [0.4, 0.5) is 0 Å². The minimum Gasteiger partial charge on any atom is -0.480 e. The average Bonchev–Trinajstić information content (AvgIpc) is 2.85. The molecule has 146 valence electrons.